The summed E-state index contributed by atoms with van der Waals surface area (Å²) in [6.45, 7) is 9.49. The second kappa shape index (κ2) is 8.60. The Kier molecular flexibility index (Phi) is 6.51. The Bertz CT molecular complexity index is 729. The van der Waals surface area contributed by atoms with Crippen LogP contribution in [0.4, 0.5) is 11.5 Å². The van der Waals surface area contributed by atoms with Crippen LogP contribution in [0.3, 0.4) is 0 Å². The monoisotopic (exact) mass is 340 g/mol. The van der Waals surface area contributed by atoms with Crippen molar-refractivity contribution in [3.05, 3.63) is 47.4 Å². The fourth-order valence-electron chi connectivity index (χ4n) is 2.74. The molecule has 2 rings (SSSR count). The molecule has 1 aromatic carbocycles. The van der Waals surface area contributed by atoms with Crippen molar-refractivity contribution in [1.82, 2.24) is 9.97 Å². The van der Waals surface area contributed by atoms with Crippen LogP contribution in [0.2, 0.25) is 0 Å². The highest BCUT2D eigenvalue weighted by molar-refractivity contribution is 6.05. The van der Waals surface area contributed by atoms with E-state index in [4.69, 9.17) is 0 Å². The van der Waals surface area contributed by atoms with Crippen molar-refractivity contribution >= 4 is 17.4 Å². The lowest BCUT2D eigenvalue weighted by Gasteiger charge is -2.23. The topological polar surface area (TPSA) is 49.3 Å². The summed E-state index contributed by atoms with van der Waals surface area (Å²) < 4.78 is 0. The first-order valence-corrected chi connectivity index (χ1v) is 8.91. The Balaban J connectivity index is 2.32. The fourth-order valence-corrected chi connectivity index (χ4v) is 2.74. The van der Waals surface area contributed by atoms with Gasteiger partial charge in [0.1, 0.15) is 17.3 Å². The van der Waals surface area contributed by atoms with E-state index in [9.17, 15) is 4.79 Å². The van der Waals surface area contributed by atoms with Gasteiger partial charge in [0.05, 0.1) is 0 Å². The molecular weight excluding hydrogens is 312 g/mol. The zero-order valence-corrected chi connectivity index (χ0v) is 15.9. The van der Waals surface area contributed by atoms with Crippen molar-refractivity contribution in [3.8, 4) is 0 Å². The SMILES string of the molecule is CCCCN(C)c1cc(C(=O)N(CC)c2cccc(C)c2)nc(C)n1. The van der Waals surface area contributed by atoms with Gasteiger partial charge in [0, 0.05) is 31.9 Å². The van der Waals surface area contributed by atoms with Gasteiger partial charge in [-0.05, 0) is 44.9 Å². The number of amides is 1. The Morgan fingerprint density at radius 2 is 1.88 bits per heavy atom. The number of carbonyl (C=O) groups is 1. The molecule has 2 aromatic rings. The Morgan fingerprint density at radius 1 is 1.12 bits per heavy atom. The predicted molar refractivity (Wildman–Crippen MR) is 103 cm³/mol. The zero-order valence-electron chi connectivity index (χ0n) is 15.9. The van der Waals surface area contributed by atoms with Crippen molar-refractivity contribution in [2.45, 2.75) is 40.5 Å². The minimum atomic E-state index is -0.0938. The van der Waals surface area contributed by atoms with Crippen LogP contribution in [0.25, 0.3) is 0 Å². The number of anilines is 2. The number of hydrogen-bond donors (Lipinski definition) is 0. The van der Waals surface area contributed by atoms with Gasteiger partial charge in [-0.2, -0.15) is 0 Å². The molecule has 0 saturated heterocycles. The Hall–Kier alpha value is -2.43. The molecular formula is C20H28N4O. The van der Waals surface area contributed by atoms with Gasteiger partial charge in [0.15, 0.2) is 0 Å². The molecule has 1 amide bonds. The van der Waals surface area contributed by atoms with Crippen molar-refractivity contribution in [2.24, 2.45) is 0 Å². The maximum absolute atomic E-state index is 13.0. The third kappa shape index (κ3) is 4.78. The van der Waals surface area contributed by atoms with Gasteiger partial charge in [-0.25, -0.2) is 9.97 Å². The molecule has 0 radical (unpaired) electrons. The van der Waals surface area contributed by atoms with Gasteiger partial charge < -0.3 is 9.80 Å². The second-order valence-electron chi connectivity index (χ2n) is 6.32. The van der Waals surface area contributed by atoms with Crippen LogP contribution >= 0.6 is 0 Å². The summed E-state index contributed by atoms with van der Waals surface area (Å²) in [4.78, 5) is 25.8. The average molecular weight is 340 g/mol. The number of aromatic nitrogens is 2. The first-order valence-electron chi connectivity index (χ1n) is 8.91. The standard InChI is InChI=1S/C20H28N4O/c1-6-8-12-23(5)19-14-18(21-16(4)22-19)20(25)24(7-2)17-11-9-10-15(3)13-17/h9-11,13-14H,6-8,12H2,1-5H3. The average Bonchev–Trinajstić information content (AvgIpc) is 2.59. The molecule has 0 aliphatic carbocycles. The first kappa shape index (κ1) is 18.9. The molecule has 0 spiro atoms. The van der Waals surface area contributed by atoms with E-state index in [1.54, 1.807) is 11.0 Å². The Labute approximate surface area is 150 Å². The maximum Gasteiger partial charge on any atom is 0.277 e. The van der Waals surface area contributed by atoms with Crippen molar-refractivity contribution < 1.29 is 4.79 Å². The van der Waals surface area contributed by atoms with E-state index in [-0.39, 0.29) is 5.91 Å². The van der Waals surface area contributed by atoms with Gasteiger partial charge in [-0.1, -0.05) is 25.5 Å². The van der Waals surface area contributed by atoms with Crippen molar-refractivity contribution in [3.63, 3.8) is 0 Å². The lowest BCUT2D eigenvalue weighted by molar-refractivity contribution is 0.0983. The van der Waals surface area contributed by atoms with Crippen LogP contribution in [0.1, 0.15) is 48.6 Å². The number of hydrogen-bond acceptors (Lipinski definition) is 4. The van der Waals surface area contributed by atoms with Crippen molar-refractivity contribution in [2.75, 3.05) is 29.9 Å². The Morgan fingerprint density at radius 3 is 2.52 bits per heavy atom. The maximum atomic E-state index is 13.0. The molecule has 0 aliphatic heterocycles. The summed E-state index contributed by atoms with van der Waals surface area (Å²) in [5.41, 5.74) is 2.46. The molecule has 1 heterocycles. The van der Waals surface area contributed by atoms with Crippen LogP contribution in [0, 0.1) is 13.8 Å². The lowest BCUT2D eigenvalue weighted by atomic mass is 10.2. The van der Waals surface area contributed by atoms with E-state index in [0.717, 1.165) is 36.5 Å². The van der Waals surface area contributed by atoms with Gasteiger partial charge in [0.25, 0.3) is 5.91 Å². The van der Waals surface area contributed by atoms with E-state index in [1.165, 1.54) is 0 Å². The molecule has 0 saturated carbocycles. The van der Waals surface area contributed by atoms with Gasteiger partial charge in [-0.15, -0.1) is 0 Å². The predicted octanol–water partition coefficient (Wildman–Crippen LogP) is 4.00. The molecule has 0 unspecified atom stereocenters. The summed E-state index contributed by atoms with van der Waals surface area (Å²) in [5, 5.41) is 0. The van der Waals surface area contributed by atoms with Crippen molar-refractivity contribution in [1.29, 1.82) is 0 Å². The van der Waals surface area contributed by atoms with E-state index >= 15 is 0 Å². The smallest absolute Gasteiger partial charge is 0.277 e. The summed E-state index contributed by atoms with van der Waals surface area (Å²) in [6, 6.07) is 9.76. The van der Waals surface area contributed by atoms with Crippen LogP contribution in [-0.2, 0) is 0 Å². The largest absolute Gasteiger partial charge is 0.360 e. The molecule has 0 aliphatic rings. The number of carbonyl (C=O) groups excluding carboxylic acids is 1. The normalized spacial score (nSPS) is 10.6. The molecule has 0 fully saturated rings. The van der Waals surface area contributed by atoms with E-state index in [0.29, 0.717) is 18.1 Å². The molecule has 134 valence electrons. The molecule has 5 heteroatoms. The quantitative estimate of drug-likeness (QED) is 0.764. The minimum Gasteiger partial charge on any atom is -0.360 e. The highest BCUT2D eigenvalue weighted by Crippen LogP contribution is 2.20. The molecule has 1 aromatic heterocycles. The first-order chi connectivity index (χ1) is 12.0. The summed E-state index contributed by atoms with van der Waals surface area (Å²) in [7, 11) is 2.00. The number of benzene rings is 1. The van der Waals surface area contributed by atoms with Crippen LogP contribution in [-0.4, -0.2) is 36.0 Å². The van der Waals surface area contributed by atoms with Gasteiger partial charge in [-0.3, -0.25) is 4.79 Å². The van der Waals surface area contributed by atoms with E-state index in [2.05, 4.69) is 21.8 Å². The lowest BCUT2D eigenvalue weighted by Crippen LogP contribution is -2.32. The zero-order chi connectivity index (χ0) is 18.4. The fraction of sp³-hybridized carbons (Fsp3) is 0.450. The van der Waals surface area contributed by atoms with Crippen LogP contribution < -0.4 is 9.80 Å². The highest BCUT2D eigenvalue weighted by Gasteiger charge is 2.19. The molecule has 5 nitrogen and oxygen atoms in total. The van der Waals surface area contributed by atoms with Gasteiger partial charge >= 0.3 is 0 Å². The van der Waals surface area contributed by atoms with Crippen LogP contribution in [0.5, 0.6) is 0 Å². The summed E-state index contributed by atoms with van der Waals surface area (Å²) in [5.74, 6) is 1.32. The molecule has 0 atom stereocenters. The van der Waals surface area contributed by atoms with E-state index < -0.39 is 0 Å². The highest BCUT2D eigenvalue weighted by atomic mass is 16.2. The minimum absolute atomic E-state index is 0.0938. The van der Waals surface area contributed by atoms with Crippen LogP contribution in [0.15, 0.2) is 30.3 Å². The summed E-state index contributed by atoms with van der Waals surface area (Å²) >= 11 is 0. The summed E-state index contributed by atoms with van der Waals surface area (Å²) in [6.07, 6.45) is 2.21. The molecule has 0 N–H and O–H groups in total. The third-order valence-electron chi connectivity index (χ3n) is 4.16. The van der Waals surface area contributed by atoms with E-state index in [1.807, 2.05) is 52.1 Å². The van der Waals surface area contributed by atoms with Gasteiger partial charge in [0.2, 0.25) is 0 Å². The molecule has 25 heavy (non-hydrogen) atoms. The number of aryl methyl sites for hydroxylation is 2. The second-order valence-corrected chi connectivity index (χ2v) is 6.32. The number of nitrogens with zero attached hydrogens (tertiary/aromatic N) is 4. The number of rotatable bonds is 7. The third-order valence-corrected chi connectivity index (χ3v) is 4.16. The molecule has 0 bridgehead atoms. The number of unbranched alkanes of at least 4 members (excludes halogenated alkanes) is 1.